The van der Waals surface area contributed by atoms with Crippen LogP contribution in [0.2, 0.25) is 0 Å². The summed E-state index contributed by atoms with van der Waals surface area (Å²) in [4.78, 5) is 3.94. The van der Waals surface area contributed by atoms with Crippen LogP contribution in [0.4, 0.5) is 0 Å². The second-order valence-electron chi connectivity index (χ2n) is 5.17. The molecule has 0 atom stereocenters. The van der Waals surface area contributed by atoms with Gasteiger partial charge < -0.3 is 20.8 Å². The first-order chi connectivity index (χ1) is 9.06. The Hall–Kier alpha value is -1.63. The van der Waals surface area contributed by atoms with Crippen LogP contribution in [0.5, 0.6) is 0 Å². The number of nitrogens with zero attached hydrogens (tertiary/aromatic N) is 3. The third kappa shape index (κ3) is 5.69. The van der Waals surface area contributed by atoms with Crippen LogP contribution >= 0.6 is 0 Å². The van der Waals surface area contributed by atoms with E-state index in [9.17, 15) is 0 Å². The minimum atomic E-state index is -0.251. The summed E-state index contributed by atoms with van der Waals surface area (Å²) in [6, 6.07) is 0. The summed E-state index contributed by atoms with van der Waals surface area (Å²) < 4.78 is 4.65. The topological polar surface area (TPSA) is 110 Å². The predicted octanol–water partition coefficient (Wildman–Crippen LogP) is 1.14. The molecule has 108 valence electrons. The highest BCUT2D eigenvalue weighted by Gasteiger charge is 2.22. The lowest BCUT2D eigenvalue weighted by molar-refractivity contribution is 0.304. The van der Waals surface area contributed by atoms with Crippen molar-refractivity contribution in [2.75, 3.05) is 13.1 Å². The van der Waals surface area contributed by atoms with Gasteiger partial charge in [0.2, 0.25) is 6.39 Å². The van der Waals surface area contributed by atoms with Gasteiger partial charge in [0.1, 0.15) is 5.84 Å². The smallest absolute Gasteiger partial charge is 0.213 e. The molecule has 0 bridgehead atoms. The minimum Gasteiger partial charge on any atom is -0.409 e. The molecular weight excluding hydrogens is 246 g/mol. The molecule has 1 rings (SSSR count). The fourth-order valence-corrected chi connectivity index (χ4v) is 1.71. The third-order valence-corrected chi connectivity index (χ3v) is 3.14. The first-order valence-electron chi connectivity index (χ1n) is 6.50. The average Bonchev–Trinajstić information content (AvgIpc) is 2.89. The Kier molecular flexibility index (Phi) is 6.27. The molecule has 1 aromatic rings. The van der Waals surface area contributed by atoms with Gasteiger partial charge in [0, 0.05) is 18.4 Å². The fourth-order valence-electron chi connectivity index (χ4n) is 1.71. The van der Waals surface area contributed by atoms with E-state index >= 15 is 0 Å². The number of nitrogens with one attached hydrogen (secondary N) is 1. The van der Waals surface area contributed by atoms with Crippen LogP contribution in [0.25, 0.3) is 0 Å². The average molecular weight is 269 g/mol. The molecule has 0 amide bonds. The van der Waals surface area contributed by atoms with Gasteiger partial charge in [-0.15, -0.1) is 0 Å². The van der Waals surface area contributed by atoms with E-state index in [0.717, 1.165) is 44.6 Å². The van der Waals surface area contributed by atoms with Gasteiger partial charge >= 0.3 is 0 Å². The maximum atomic E-state index is 8.66. The third-order valence-electron chi connectivity index (χ3n) is 3.14. The van der Waals surface area contributed by atoms with Crippen molar-refractivity contribution in [2.24, 2.45) is 16.3 Å². The lowest BCUT2D eigenvalue weighted by Crippen LogP contribution is -2.32. The van der Waals surface area contributed by atoms with Crippen molar-refractivity contribution in [3.05, 3.63) is 12.2 Å². The molecule has 0 saturated carbocycles. The zero-order chi connectivity index (χ0) is 14.1. The van der Waals surface area contributed by atoms with E-state index in [1.165, 1.54) is 6.39 Å². The summed E-state index contributed by atoms with van der Waals surface area (Å²) in [7, 11) is 0. The Labute approximate surface area is 113 Å². The summed E-state index contributed by atoms with van der Waals surface area (Å²) in [6.45, 7) is 5.73. The molecule has 4 N–H and O–H groups in total. The van der Waals surface area contributed by atoms with Crippen LogP contribution in [0.3, 0.4) is 0 Å². The quantitative estimate of drug-likeness (QED) is 0.204. The first-order valence-corrected chi connectivity index (χ1v) is 6.50. The van der Waals surface area contributed by atoms with Crippen molar-refractivity contribution in [1.29, 1.82) is 0 Å². The van der Waals surface area contributed by atoms with Gasteiger partial charge in [-0.2, -0.15) is 4.98 Å². The Bertz CT molecular complexity index is 375. The molecule has 0 spiro atoms. The van der Waals surface area contributed by atoms with E-state index < -0.39 is 0 Å². The lowest BCUT2D eigenvalue weighted by atomic mass is 9.86. The van der Waals surface area contributed by atoms with Gasteiger partial charge in [0.25, 0.3) is 0 Å². The molecule has 0 aliphatic rings. The van der Waals surface area contributed by atoms with Gasteiger partial charge in [-0.3, -0.25) is 0 Å². The second-order valence-corrected chi connectivity index (χ2v) is 5.17. The molecule has 1 aromatic heterocycles. The molecule has 0 radical (unpaired) electrons. The van der Waals surface area contributed by atoms with Crippen LogP contribution in [-0.2, 0) is 6.42 Å². The summed E-state index contributed by atoms with van der Waals surface area (Å²) >= 11 is 0. The number of rotatable bonds is 9. The highest BCUT2D eigenvalue weighted by molar-refractivity contribution is 5.85. The van der Waals surface area contributed by atoms with Gasteiger partial charge in [-0.1, -0.05) is 30.6 Å². The van der Waals surface area contributed by atoms with Crippen LogP contribution in [0.1, 0.15) is 38.9 Å². The van der Waals surface area contributed by atoms with Gasteiger partial charge in [-0.05, 0) is 19.4 Å². The fraction of sp³-hybridized carbons (Fsp3) is 0.750. The monoisotopic (exact) mass is 269 g/mol. The van der Waals surface area contributed by atoms with E-state index in [1.54, 1.807) is 0 Å². The Morgan fingerprint density at radius 3 is 2.89 bits per heavy atom. The van der Waals surface area contributed by atoms with E-state index in [1.807, 2.05) is 13.8 Å². The van der Waals surface area contributed by atoms with Gasteiger partial charge in [0.05, 0.1) is 0 Å². The number of hydrogen-bond donors (Lipinski definition) is 3. The Morgan fingerprint density at radius 1 is 1.47 bits per heavy atom. The minimum absolute atomic E-state index is 0.251. The van der Waals surface area contributed by atoms with Gasteiger partial charge in [0.15, 0.2) is 5.82 Å². The van der Waals surface area contributed by atoms with Crippen molar-refractivity contribution in [1.82, 2.24) is 15.5 Å². The van der Waals surface area contributed by atoms with Crippen LogP contribution in [0.15, 0.2) is 16.1 Å². The molecule has 0 aliphatic heterocycles. The summed E-state index contributed by atoms with van der Waals surface area (Å²) in [6.07, 6.45) is 5.08. The van der Waals surface area contributed by atoms with Crippen LogP contribution in [-0.4, -0.2) is 34.3 Å². The lowest BCUT2D eigenvalue weighted by Gasteiger charge is -2.22. The summed E-state index contributed by atoms with van der Waals surface area (Å²) in [5, 5.41) is 18.8. The Balaban J connectivity index is 2.02. The summed E-state index contributed by atoms with van der Waals surface area (Å²) in [5.41, 5.74) is 5.38. The zero-order valence-corrected chi connectivity index (χ0v) is 11.6. The molecule has 0 aliphatic carbocycles. The molecule has 0 saturated heterocycles. The highest BCUT2D eigenvalue weighted by atomic mass is 16.5. The molecule has 0 unspecified atom stereocenters. The highest BCUT2D eigenvalue weighted by Crippen LogP contribution is 2.22. The molecule has 19 heavy (non-hydrogen) atoms. The molecule has 0 fully saturated rings. The first kappa shape index (κ1) is 15.4. The maximum absolute atomic E-state index is 8.66. The molecule has 1 heterocycles. The number of hydrogen-bond acceptors (Lipinski definition) is 6. The molecule has 7 nitrogen and oxygen atoms in total. The van der Waals surface area contributed by atoms with E-state index in [0.29, 0.717) is 0 Å². The number of unbranched alkanes of at least 4 members (excludes halogenated alkanes) is 1. The van der Waals surface area contributed by atoms with Crippen LogP contribution in [0, 0.1) is 5.41 Å². The zero-order valence-electron chi connectivity index (χ0n) is 11.6. The largest absolute Gasteiger partial charge is 0.409 e. The number of aromatic nitrogens is 2. The molecule has 0 aromatic carbocycles. The molecule has 7 heteroatoms. The SMILES string of the molecule is CC(C)(CCCCNCCc1ncon1)C(N)=NO. The van der Waals surface area contributed by atoms with Crippen molar-refractivity contribution in [2.45, 2.75) is 39.5 Å². The maximum Gasteiger partial charge on any atom is 0.213 e. The number of nitrogens with two attached hydrogens (primary N) is 1. The van der Waals surface area contributed by atoms with Crippen molar-refractivity contribution < 1.29 is 9.73 Å². The van der Waals surface area contributed by atoms with Crippen molar-refractivity contribution in [3.8, 4) is 0 Å². The normalized spacial score (nSPS) is 12.8. The summed E-state index contributed by atoms with van der Waals surface area (Å²) in [5.74, 6) is 1.01. The Morgan fingerprint density at radius 2 is 2.26 bits per heavy atom. The number of amidine groups is 1. The van der Waals surface area contributed by atoms with Crippen molar-refractivity contribution in [3.63, 3.8) is 0 Å². The van der Waals surface area contributed by atoms with Crippen LogP contribution < -0.4 is 11.1 Å². The van der Waals surface area contributed by atoms with Gasteiger partial charge in [-0.25, -0.2) is 0 Å². The van der Waals surface area contributed by atoms with Crippen molar-refractivity contribution >= 4 is 5.84 Å². The van der Waals surface area contributed by atoms with E-state index in [4.69, 9.17) is 10.9 Å². The predicted molar refractivity (Wildman–Crippen MR) is 71.9 cm³/mol. The second kappa shape index (κ2) is 7.73. The standard InChI is InChI=1S/C12H23N5O2/c1-12(2,11(13)16-18)6-3-4-7-14-8-5-10-15-9-19-17-10/h9,14,18H,3-8H2,1-2H3,(H2,13,16). The van der Waals surface area contributed by atoms with E-state index in [-0.39, 0.29) is 11.3 Å². The number of oxime groups is 1. The molecular formula is C12H23N5O2. The van der Waals surface area contributed by atoms with E-state index in [2.05, 4.69) is 25.1 Å².